The highest BCUT2D eigenvalue weighted by Gasteiger charge is 2.26. The maximum atomic E-state index is 12.8. The molecule has 0 saturated carbocycles. The Bertz CT molecular complexity index is 1030. The highest BCUT2D eigenvalue weighted by Crippen LogP contribution is 2.30. The fourth-order valence-electron chi connectivity index (χ4n) is 3.35. The minimum atomic E-state index is -3.73. The zero-order valence-corrected chi connectivity index (χ0v) is 18.1. The molecule has 1 atom stereocenters. The number of carbonyl (C=O) groups is 1. The van der Waals surface area contributed by atoms with E-state index in [0.29, 0.717) is 37.2 Å². The van der Waals surface area contributed by atoms with Gasteiger partial charge in [0.1, 0.15) is 0 Å². The van der Waals surface area contributed by atoms with Crippen LogP contribution in [0.4, 0.5) is 5.95 Å². The molecule has 2 N–H and O–H groups in total. The van der Waals surface area contributed by atoms with Gasteiger partial charge in [0.25, 0.3) is 0 Å². The van der Waals surface area contributed by atoms with Crippen molar-refractivity contribution in [3.8, 4) is 11.5 Å². The van der Waals surface area contributed by atoms with Crippen LogP contribution < -0.4 is 19.5 Å². The van der Waals surface area contributed by atoms with Crippen LogP contribution in [0.2, 0.25) is 0 Å². The third-order valence-corrected chi connectivity index (χ3v) is 6.38. The van der Waals surface area contributed by atoms with Crippen LogP contribution in [0.3, 0.4) is 0 Å². The molecule has 0 spiro atoms. The minimum absolute atomic E-state index is 0.108. The second-order valence-corrected chi connectivity index (χ2v) is 8.76. The molecule has 0 saturated heterocycles. The second-order valence-electron chi connectivity index (χ2n) is 7.04. The van der Waals surface area contributed by atoms with Crippen molar-refractivity contribution in [1.29, 1.82) is 0 Å². The molecule has 3 rings (SSSR count). The number of aromatic nitrogens is 2. The highest BCUT2D eigenvalue weighted by molar-refractivity contribution is 7.89. The average molecular weight is 435 g/mol. The van der Waals surface area contributed by atoms with Crippen molar-refractivity contribution >= 4 is 21.9 Å². The monoisotopic (exact) mass is 434 g/mol. The summed E-state index contributed by atoms with van der Waals surface area (Å²) >= 11 is 0. The third kappa shape index (κ3) is 5.06. The molecule has 1 unspecified atom stereocenters. The van der Waals surface area contributed by atoms with Gasteiger partial charge in [-0.3, -0.25) is 10.1 Å². The molecule has 30 heavy (non-hydrogen) atoms. The summed E-state index contributed by atoms with van der Waals surface area (Å²) in [4.78, 5) is 20.4. The summed E-state index contributed by atoms with van der Waals surface area (Å²) in [7, 11) is -0.784. The smallest absolute Gasteiger partial charge is 0.240 e. The lowest BCUT2D eigenvalue weighted by Crippen LogP contribution is -2.39. The lowest BCUT2D eigenvalue weighted by molar-refractivity contribution is -0.116. The van der Waals surface area contributed by atoms with Gasteiger partial charge < -0.3 is 9.47 Å². The highest BCUT2D eigenvalue weighted by atomic mass is 32.2. The first kappa shape index (κ1) is 22.0. The Hall–Kier alpha value is -2.72. The number of rotatable bonds is 8. The summed E-state index contributed by atoms with van der Waals surface area (Å²) in [5.41, 5.74) is 1.70. The number of ether oxygens (including phenoxy) is 2. The average Bonchev–Trinajstić information content (AvgIpc) is 2.73. The zero-order valence-electron chi connectivity index (χ0n) is 17.3. The van der Waals surface area contributed by atoms with E-state index in [-0.39, 0.29) is 22.8 Å². The molecule has 0 aliphatic heterocycles. The molecule has 1 aromatic heterocycles. The van der Waals surface area contributed by atoms with Crippen LogP contribution in [0.5, 0.6) is 11.5 Å². The van der Waals surface area contributed by atoms with Gasteiger partial charge in [-0.25, -0.2) is 23.1 Å². The first-order valence-corrected chi connectivity index (χ1v) is 11.2. The number of amides is 1. The summed E-state index contributed by atoms with van der Waals surface area (Å²) in [6, 6.07) is 4.20. The van der Waals surface area contributed by atoms with Crippen LogP contribution in [0.25, 0.3) is 0 Å². The van der Waals surface area contributed by atoms with E-state index in [2.05, 4.69) is 20.0 Å². The number of nitrogens with zero attached hydrogens (tertiary/aromatic N) is 2. The van der Waals surface area contributed by atoms with E-state index in [0.717, 1.165) is 17.7 Å². The molecular formula is C20H26N4O5S. The van der Waals surface area contributed by atoms with E-state index in [4.69, 9.17) is 9.47 Å². The molecule has 1 amide bonds. The van der Waals surface area contributed by atoms with Gasteiger partial charge in [-0.15, -0.1) is 0 Å². The largest absolute Gasteiger partial charge is 0.493 e. The lowest BCUT2D eigenvalue weighted by atomic mass is 9.94. The van der Waals surface area contributed by atoms with Crippen molar-refractivity contribution in [2.45, 2.75) is 50.0 Å². The first-order valence-electron chi connectivity index (χ1n) is 9.75. The van der Waals surface area contributed by atoms with Crippen LogP contribution in [0, 0.1) is 0 Å². The maximum Gasteiger partial charge on any atom is 0.240 e. The van der Waals surface area contributed by atoms with Crippen LogP contribution in [-0.4, -0.2) is 44.6 Å². The number of nitrogens with one attached hydrogen (secondary N) is 2. The van der Waals surface area contributed by atoms with Crippen LogP contribution in [0.1, 0.15) is 37.4 Å². The third-order valence-electron chi connectivity index (χ3n) is 4.87. The number of fused-ring (bicyclic) bond motifs is 1. The number of benzene rings is 1. The molecule has 1 aliphatic carbocycles. The number of methoxy groups -OCH3 is 2. The maximum absolute atomic E-state index is 12.8. The van der Waals surface area contributed by atoms with Gasteiger partial charge >= 0.3 is 0 Å². The van der Waals surface area contributed by atoms with E-state index in [1.165, 1.54) is 26.4 Å². The Labute approximate surface area is 176 Å². The molecule has 1 aromatic carbocycles. The summed E-state index contributed by atoms with van der Waals surface area (Å²) < 4.78 is 38.8. The standard InChI is InChI=1S/C20H26N4O5S/c1-4-5-19(25)23-20-21-12-13-10-14(6-8-16(13)22-20)24-30(26,27)15-7-9-17(28-2)18(11-15)29-3/h7,9,11-12,14,24H,4-6,8,10H2,1-3H3,(H,21,22,23,25). The molecule has 0 radical (unpaired) electrons. The second kappa shape index (κ2) is 9.40. The topological polar surface area (TPSA) is 120 Å². The number of carbonyl (C=O) groups excluding carboxylic acids is 1. The molecular weight excluding hydrogens is 408 g/mol. The van der Waals surface area contributed by atoms with Crippen LogP contribution >= 0.6 is 0 Å². The van der Waals surface area contributed by atoms with Gasteiger partial charge in [-0.2, -0.15) is 0 Å². The Morgan fingerprint density at radius 2 is 2.00 bits per heavy atom. The van der Waals surface area contributed by atoms with Crippen LogP contribution in [-0.2, 0) is 27.7 Å². The van der Waals surface area contributed by atoms with E-state index >= 15 is 0 Å². The van der Waals surface area contributed by atoms with Gasteiger partial charge in [0.15, 0.2) is 11.5 Å². The lowest BCUT2D eigenvalue weighted by Gasteiger charge is -2.25. The Balaban J connectivity index is 1.70. The van der Waals surface area contributed by atoms with Crippen molar-refractivity contribution in [2.75, 3.05) is 19.5 Å². The molecule has 0 bridgehead atoms. The van der Waals surface area contributed by atoms with Crippen molar-refractivity contribution in [3.05, 3.63) is 35.7 Å². The van der Waals surface area contributed by atoms with Gasteiger partial charge in [0.2, 0.25) is 21.9 Å². The molecule has 162 valence electrons. The SMILES string of the molecule is CCCC(=O)Nc1ncc2c(n1)CCC(NS(=O)(=O)c1ccc(OC)c(OC)c1)C2. The van der Waals surface area contributed by atoms with Gasteiger partial charge in [-0.1, -0.05) is 6.92 Å². The van der Waals surface area contributed by atoms with Gasteiger partial charge in [-0.05, 0) is 43.4 Å². The number of sulfonamides is 1. The Morgan fingerprint density at radius 1 is 1.23 bits per heavy atom. The van der Waals surface area contributed by atoms with Crippen molar-refractivity contribution in [2.24, 2.45) is 0 Å². The zero-order chi connectivity index (χ0) is 21.7. The predicted molar refractivity (Wildman–Crippen MR) is 111 cm³/mol. The molecule has 1 heterocycles. The van der Waals surface area contributed by atoms with E-state index in [1.54, 1.807) is 12.3 Å². The fourth-order valence-corrected chi connectivity index (χ4v) is 4.64. The quantitative estimate of drug-likeness (QED) is 0.653. The molecule has 2 aromatic rings. The molecule has 10 heteroatoms. The summed E-state index contributed by atoms with van der Waals surface area (Å²) in [5.74, 6) is 0.979. The Kier molecular flexibility index (Phi) is 6.88. The van der Waals surface area contributed by atoms with E-state index in [1.807, 2.05) is 6.92 Å². The van der Waals surface area contributed by atoms with E-state index in [9.17, 15) is 13.2 Å². The Morgan fingerprint density at radius 3 is 2.70 bits per heavy atom. The number of aryl methyl sites for hydroxylation is 1. The van der Waals surface area contributed by atoms with Crippen molar-refractivity contribution in [3.63, 3.8) is 0 Å². The van der Waals surface area contributed by atoms with E-state index < -0.39 is 10.0 Å². The van der Waals surface area contributed by atoms with Gasteiger partial charge in [0.05, 0.1) is 19.1 Å². The number of hydrogen-bond acceptors (Lipinski definition) is 7. The summed E-state index contributed by atoms with van der Waals surface area (Å²) in [5, 5.41) is 2.69. The molecule has 0 fully saturated rings. The molecule has 1 aliphatic rings. The number of anilines is 1. The van der Waals surface area contributed by atoms with Crippen molar-refractivity contribution < 1.29 is 22.7 Å². The van der Waals surface area contributed by atoms with Crippen molar-refractivity contribution in [1.82, 2.24) is 14.7 Å². The predicted octanol–water partition coefficient (Wildman–Crippen LogP) is 2.07. The first-order chi connectivity index (χ1) is 14.4. The summed E-state index contributed by atoms with van der Waals surface area (Å²) in [6.45, 7) is 1.93. The molecule has 9 nitrogen and oxygen atoms in total. The van der Waals surface area contributed by atoms with Crippen LogP contribution in [0.15, 0.2) is 29.3 Å². The minimum Gasteiger partial charge on any atom is -0.493 e. The number of hydrogen-bond donors (Lipinski definition) is 2. The fraction of sp³-hybridized carbons (Fsp3) is 0.450. The normalized spacial score (nSPS) is 15.9. The van der Waals surface area contributed by atoms with Gasteiger partial charge in [0, 0.05) is 30.4 Å². The summed E-state index contributed by atoms with van der Waals surface area (Å²) in [6.07, 6.45) is 4.48.